The second-order valence-electron chi connectivity index (χ2n) is 3.18. The van der Waals surface area contributed by atoms with Crippen molar-refractivity contribution in [1.29, 1.82) is 0 Å². The third-order valence-electron chi connectivity index (χ3n) is 2.17. The fourth-order valence-corrected chi connectivity index (χ4v) is 1.95. The lowest BCUT2D eigenvalue weighted by atomic mass is 10.1. The molecular weight excluding hydrogens is 287 g/mol. The molecule has 0 aliphatic heterocycles. The van der Waals surface area contributed by atoms with Gasteiger partial charge in [0.05, 0.1) is 9.83 Å². The predicted molar refractivity (Wildman–Crippen MR) is 65.3 cm³/mol. The Hall–Kier alpha value is -0.770. The number of rotatable bonds is 3. The molecule has 0 saturated carbocycles. The maximum atomic E-state index is 5.38. The highest BCUT2D eigenvalue weighted by Crippen LogP contribution is 2.15. The highest BCUT2D eigenvalue weighted by atomic mass is 127. The Morgan fingerprint density at radius 3 is 2.43 bits per heavy atom. The number of hydrogen-bond donors (Lipinski definition) is 0. The van der Waals surface area contributed by atoms with Gasteiger partial charge in [-0.05, 0) is 40.6 Å². The molecule has 0 N–H and O–H groups in total. The molecule has 0 unspecified atom stereocenters. The van der Waals surface area contributed by atoms with Crippen LogP contribution in [0.3, 0.4) is 0 Å². The zero-order valence-corrected chi connectivity index (χ0v) is 9.90. The standard InChI is InChI=1S/C12H11IO/c13-11-8-9-14-12(11)7-6-10-4-2-1-3-5-10/h1-5,8-9H,6-7H2. The number of hydrogen-bond acceptors (Lipinski definition) is 1. The van der Waals surface area contributed by atoms with Crippen LogP contribution in [-0.2, 0) is 12.8 Å². The van der Waals surface area contributed by atoms with Crippen LogP contribution < -0.4 is 0 Å². The van der Waals surface area contributed by atoms with Crippen molar-refractivity contribution in [1.82, 2.24) is 0 Å². The Labute approximate surface area is 97.3 Å². The van der Waals surface area contributed by atoms with Crippen LogP contribution in [0.25, 0.3) is 0 Å². The minimum atomic E-state index is 0.981. The predicted octanol–water partition coefficient (Wildman–Crippen LogP) is 3.67. The van der Waals surface area contributed by atoms with E-state index in [1.807, 2.05) is 12.1 Å². The summed E-state index contributed by atoms with van der Waals surface area (Å²) in [5.74, 6) is 1.09. The van der Waals surface area contributed by atoms with E-state index in [4.69, 9.17) is 4.42 Å². The van der Waals surface area contributed by atoms with Gasteiger partial charge in [0.1, 0.15) is 5.76 Å². The van der Waals surface area contributed by atoms with Crippen molar-refractivity contribution in [2.75, 3.05) is 0 Å². The molecule has 2 rings (SSSR count). The van der Waals surface area contributed by atoms with Crippen LogP contribution >= 0.6 is 22.6 Å². The summed E-state index contributed by atoms with van der Waals surface area (Å²) in [6.07, 6.45) is 3.78. The zero-order chi connectivity index (χ0) is 9.80. The van der Waals surface area contributed by atoms with Gasteiger partial charge >= 0.3 is 0 Å². The molecule has 0 saturated heterocycles. The summed E-state index contributed by atoms with van der Waals surface area (Å²) in [5, 5.41) is 0. The Balaban J connectivity index is 1.99. The highest BCUT2D eigenvalue weighted by molar-refractivity contribution is 14.1. The number of furan rings is 1. The van der Waals surface area contributed by atoms with E-state index < -0.39 is 0 Å². The van der Waals surface area contributed by atoms with E-state index in [1.54, 1.807) is 6.26 Å². The first-order valence-corrected chi connectivity index (χ1v) is 5.70. The smallest absolute Gasteiger partial charge is 0.117 e. The van der Waals surface area contributed by atoms with Crippen LogP contribution in [0.5, 0.6) is 0 Å². The summed E-state index contributed by atoms with van der Waals surface area (Å²) in [4.78, 5) is 0. The monoisotopic (exact) mass is 298 g/mol. The van der Waals surface area contributed by atoms with Crippen LogP contribution in [0.4, 0.5) is 0 Å². The third-order valence-corrected chi connectivity index (χ3v) is 3.14. The first-order chi connectivity index (χ1) is 6.86. The molecule has 0 fully saturated rings. The molecule has 2 heteroatoms. The number of aryl methyl sites for hydroxylation is 2. The summed E-state index contributed by atoms with van der Waals surface area (Å²) in [6, 6.07) is 12.5. The minimum absolute atomic E-state index is 0.981. The number of halogens is 1. The molecular formula is C12H11IO. The summed E-state index contributed by atoms with van der Waals surface area (Å²) >= 11 is 2.30. The normalized spacial score (nSPS) is 10.4. The molecule has 0 aliphatic carbocycles. The zero-order valence-electron chi connectivity index (χ0n) is 7.74. The van der Waals surface area contributed by atoms with Gasteiger partial charge in [0, 0.05) is 6.42 Å². The average Bonchev–Trinajstić information content (AvgIpc) is 2.63. The largest absolute Gasteiger partial charge is 0.468 e. The minimum Gasteiger partial charge on any atom is -0.468 e. The van der Waals surface area contributed by atoms with E-state index in [-0.39, 0.29) is 0 Å². The maximum Gasteiger partial charge on any atom is 0.117 e. The molecule has 0 spiro atoms. The van der Waals surface area contributed by atoms with Gasteiger partial charge in [-0.15, -0.1) is 0 Å². The molecule has 1 heterocycles. The van der Waals surface area contributed by atoms with Crippen LogP contribution in [-0.4, -0.2) is 0 Å². The highest BCUT2D eigenvalue weighted by Gasteiger charge is 2.02. The number of benzene rings is 1. The van der Waals surface area contributed by atoms with Crippen molar-refractivity contribution in [2.24, 2.45) is 0 Å². The van der Waals surface area contributed by atoms with Gasteiger partial charge in [0.15, 0.2) is 0 Å². The topological polar surface area (TPSA) is 13.1 Å². The summed E-state index contributed by atoms with van der Waals surface area (Å²) in [5.41, 5.74) is 1.36. The van der Waals surface area contributed by atoms with Crippen molar-refractivity contribution in [2.45, 2.75) is 12.8 Å². The van der Waals surface area contributed by atoms with Crippen molar-refractivity contribution in [3.8, 4) is 0 Å². The fraction of sp³-hybridized carbons (Fsp3) is 0.167. The van der Waals surface area contributed by atoms with Crippen LogP contribution in [0, 0.1) is 3.57 Å². The molecule has 1 aromatic heterocycles. The Bertz CT molecular complexity index is 392. The summed E-state index contributed by atoms with van der Waals surface area (Å²) < 4.78 is 6.60. The second-order valence-corrected chi connectivity index (χ2v) is 4.34. The lowest BCUT2D eigenvalue weighted by Crippen LogP contribution is -1.90. The van der Waals surface area contributed by atoms with Crippen molar-refractivity contribution in [3.63, 3.8) is 0 Å². The van der Waals surface area contributed by atoms with Crippen molar-refractivity contribution >= 4 is 22.6 Å². The maximum absolute atomic E-state index is 5.38. The van der Waals surface area contributed by atoms with E-state index in [1.165, 1.54) is 9.13 Å². The molecule has 0 bridgehead atoms. The van der Waals surface area contributed by atoms with Gasteiger partial charge in [-0.2, -0.15) is 0 Å². The second kappa shape index (κ2) is 4.64. The Kier molecular flexibility index (Phi) is 3.24. The first kappa shape index (κ1) is 9.77. The van der Waals surface area contributed by atoms with Gasteiger partial charge in [0.25, 0.3) is 0 Å². The van der Waals surface area contributed by atoms with Crippen molar-refractivity contribution in [3.05, 3.63) is 57.6 Å². The molecule has 0 amide bonds. The molecule has 1 nitrogen and oxygen atoms in total. The SMILES string of the molecule is Ic1ccoc1CCc1ccccc1. The first-order valence-electron chi connectivity index (χ1n) is 4.62. The lowest BCUT2D eigenvalue weighted by molar-refractivity contribution is 0.506. The van der Waals surface area contributed by atoms with Crippen molar-refractivity contribution < 1.29 is 4.42 Å². The van der Waals surface area contributed by atoms with E-state index in [9.17, 15) is 0 Å². The van der Waals surface area contributed by atoms with Crippen LogP contribution in [0.2, 0.25) is 0 Å². The molecule has 0 radical (unpaired) electrons. The van der Waals surface area contributed by atoms with Gasteiger partial charge in [0.2, 0.25) is 0 Å². The van der Waals surface area contributed by atoms with E-state index in [2.05, 4.69) is 46.9 Å². The summed E-state index contributed by atoms with van der Waals surface area (Å²) in [7, 11) is 0. The molecule has 0 aliphatic rings. The molecule has 1 aromatic carbocycles. The quantitative estimate of drug-likeness (QED) is 0.788. The van der Waals surface area contributed by atoms with Gasteiger partial charge in [-0.25, -0.2) is 0 Å². The molecule has 14 heavy (non-hydrogen) atoms. The molecule has 0 atom stereocenters. The third kappa shape index (κ3) is 2.38. The van der Waals surface area contributed by atoms with Gasteiger partial charge in [-0.1, -0.05) is 30.3 Å². The Morgan fingerprint density at radius 2 is 1.79 bits per heavy atom. The van der Waals surface area contributed by atoms with Crippen LogP contribution in [0.15, 0.2) is 47.1 Å². The van der Waals surface area contributed by atoms with Gasteiger partial charge < -0.3 is 4.42 Å². The van der Waals surface area contributed by atoms with Crippen LogP contribution in [0.1, 0.15) is 11.3 Å². The average molecular weight is 298 g/mol. The van der Waals surface area contributed by atoms with E-state index in [0.29, 0.717) is 0 Å². The molecule has 72 valence electrons. The Morgan fingerprint density at radius 1 is 1.00 bits per heavy atom. The van der Waals surface area contributed by atoms with Gasteiger partial charge in [-0.3, -0.25) is 0 Å². The lowest BCUT2D eigenvalue weighted by Gasteiger charge is -1.99. The molecule has 2 aromatic rings. The van der Waals surface area contributed by atoms with E-state index >= 15 is 0 Å². The summed E-state index contributed by atoms with van der Waals surface area (Å²) in [6.45, 7) is 0. The fourth-order valence-electron chi connectivity index (χ4n) is 1.41. The van der Waals surface area contributed by atoms with E-state index in [0.717, 1.165) is 18.6 Å².